The van der Waals surface area contributed by atoms with Crippen molar-refractivity contribution in [3.63, 3.8) is 0 Å². The molecule has 0 saturated heterocycles. The number of carbonyl (C=O) groups excluding carboxylic acids is 2. The van der Waals surface area contributed by atoms with Crippen molar-refractivity contribution < 1.29 is 23.8 Å². The highest BCUT2D eigenvalue weighted by molar-refractivity contribution is 6.05. The second-order valence-electron chi connectivity index (χ2n) is 7.90. The summed E-state index contributed by atoms with van der Waals surface area (Å²) in [7, 11) is 1.61. The van der Waals surface area contributed by atoms with Gasteiger partial charge in [0.05, 0.1) is 13.7 Å². The SMILES string of the molecule is C=CCc1cc(C2C3=C(CCCC3=O)OC3=C2C(=O)CCC3)cc(OC)c1OCC. The molecule has 0 spiro atoms. The molecule has 5 nitrogen and oxygen atoms in total. The van der Waals surface area contributed by atoms with Crippen LogP contribution in [0.15, 0.2) is 47.5 Å². The van der Waals surface area contributed by atoms with Gasteiger partial charge in [0.15, 0.2) is 23.1 Å². The first-order valence-electron chi connectivity index (χ1n) is 10.7. The molecule has 0 atom stereocenters. The van der Waals surface area contributed by atoms with Crippen LogP contribution in [0.2, 0.25) is 0 Å². The van der Waals surface area contributed by atoms with Crippen molar-refractivity contribution >= 4 is 11.6 Å². The van der Waals surface area contributed by atoms with Gasteiger partial charge in [-0.3, -0.25) is 9.59 Å². The maximum Gasteiger partial charge on any atom is 0.164 e. The molecule has 0 radical (unpaired) electrons. The summed E-state index contributed by atoms with van der Waals surface area (Å²) in [5, 5.41) is 0. The fourth-order valence-corrected chi connectivity index (χ4v) is 4.77. The lowest BCUT2D eigenvalue weighted by Crippen LogP contribution is -2.30. The summed E-state index contributed by atoms with van der Waals surface area (Å²) in [5.74, 6) is 2.51. The second kappa shape index (κ2) is 8.50. The molecule has 2 aliphatic carbocycles. The minimum Gasteiger partial charge on any atom is -0.493 e. The molecule has 4 rings (SSSR count). The number of methoxy groups -OCH3 is 1. The monoisotopic (exact) mass is 408 g/mol. The fourth-order valence-electron chi connectivity index (χ4n) is 4.77. The molecule has 0 fully saturated rings. The van der Waals surface area contributed by atoms with E-state index in [1.54, 1.807) is 7.11 Å². The molecular formula is C25H28O5. The number of ether oxygens (including phenoxy) is 3. The average Bonchev–Trinajstić information content (AvgIpc) is 2.74. The molecule has 0 saturated carbocycles. The van der Waals surface area contributed by atoms with Crippen LogP contribution < -0.4 is 9.47 Å². The van der Waals surface area contributed by atoms with Gasteiger partial charge in [-0.25, -0.2) is 0 Å². The Bertz CT molecular complexity index is 924. The van der Waals surface area contributed by atoms with Gasteiger partial charge in [-0.15, -0.1) is 6.58 Å². The van der Waals surface area contributed by atoms with Crippen molar-refractivity contribution in [1.82, 2.24) is 0 Å². The Morgan fingerprint density at radius 2 is 1.70 bits per heavy atom. The molecule has 30 heavy (non-hydrogen) atoms. The van der Waals surface area contributed by atoms with Crippen LogP contribution in [0.3, 0.4) is 0 Å². The molecule has 0 unspecified atom stereocenters. The number of carbonyl (C=O) groups is 2. The zero-order valence-corrected chi connectivity index (χ0v) is 17.7. The minimum absolute atomic E-state index is 0.0734. The van der Waals surface area contributed by atoms with Gasteiger partial charge >= 0.3 is 0 Å². The van der Waals surface area contributed by atoms with Crippen molar-refractivity contribution in [1.29, 1.82) is 0 Å². The number of rotatable bonds is 6. The van der Waals surface area contributed by atoms with E-state index >= 15 is 0 Å². The normalized spacial score (nSPS) is 19.3. The lowest BCUT2D eigenvalue weighted by Gasteiger charge is -2.36. The predicted molar refractivity (Wildman–Crippen MR) is 114 cm³/mol. The number of allylic oxidation sites excluding steroid dienone is 5. The Kier molecular flexibility index (Phi) is 5.80. The van der Waals surface area contributed by atoms with E-state index in [1.165, 1.54) is 0 Å². The van der Waals surface area contributed by atoms with Crippen molar-refractivity contribution in [2.24, 2.45) is 0 Å². The Morgan fingerprint density at radius 1 is 1.07 bits per heavy atom. The molecule has 158 valence electrons. The van der Waals surface area contributed by atoms with Crippen molar-refractivity contribution in [3.05, 3.63) is 58.6 Å². The van der Waals surface area contributed by atoms with Crippen LogP contribution >= 0.6 is 0 Å². The molecule has 0 N–H and O–H groups in total. The molecule has 1 aliphatic heterocycles. The zero-order valence-electron chi connectivity index (χ0n) is 17.7. The van der Waals surface area contributed by atoms with Gasteiger partial charge in [0.1, 0.15) is 11.5 Å². The summed E-state index contributed by atoms with van der Waals surface area (Å²) < 4.78 is 17.6. The Balaban J connectivity index is 1.93. The molecule has 1 heterocycles. The number of hydrogen-bond donors (Lipinski definition) is 0. The zero-order chi connectivity index (χ0) is 21.3. The van der Waals surface area contributed by atoms with Gasteiger partial charge in [0, 0.05) is 48.3 Å². The molecule has 0 bridgehead atoms. The molecule has 0 amide bonds. The topological polar surface area (TPSA) is 61.8 Å². The largest absolute Gasteiger partial charge is 0.493 e. The van der Waals surface area contributed by atoms with Crippen molar-refractivity contribution in [2.75, 3.05) is 13.7 Å². The summed E-state index contributed by atoms with van der Waals surface area (Å²) in [5.41, 5.74) is 3.10. The first kappa shape index (κ1) is 20.5. The van der Waals surface area contributed by atoms with Gasteiger partial charge in [-0.05, 0) is 37.8 Å². The van der Waals surface area contributed by atoms with Crippen LogP contribution in [0.4, 0.5) is 0 Å². The van der Waals surface area contributed by atoms with Gasteiger partial charge < -0.3 is 14.2 Å². The molecule has 1 aromatic carbocycles. The van der Waals surface area contributed by atoms with Crippen molar-refractivity contribution in [3.8, 4) is 11.5 Å². The predicted octanol–water partition coefficient (Wildman–Crippen LogP) is 4.95. The molecule has 0 aromatic heterocycles. The highest BCUT2D eigenvalue weighted by Crippen LogP contribution is 2.49. The maximum atomic E-state index is 13.0. The van der Waals surface area contributed by atoms with E-state index in [0.717, 1.165) is 48.3 Å². The lowest BCUT2D eigenvalue weighted by molar-refractivity contribution is -0.117. The van der Waals surface area contributed by atoms with Crippen LogP contribution in [-0.2, 0) is 20.7 Å². The lowest BCUT2D eigenvalue weighted by atomic mass is 9.73. The van der Waals surface area contributed by atoms with Crippen LogP contribution in [-0.4, -0.2) is 25.3 Å². The molecule has 3 aliphatic rings. The number of benzene rings is 1. The number of Topliss-reactive ketones (excluding diaryl/α,β-unsaturated/α-hetero) is 2. The smallest absolute Gasteiger partial charge is 0.164 e. The summed E-state index contributed by atoms with van der Waals surface area (Å²) in [6.07, 6.45) is 6.43. The van der Waals surface area contributed by atoms with E-state index in [0.29, 0.717) is 48.5 Å². The van der Waals surface area contributed by atoms with Gasteiger partial charge in [0.25, 0.3) is 0 Å². The summed E-state index contributed by atoms with van der Waals surface area (Å²) in [6, 6.07) is 3.94. The molecule has 1 aromatic rings. The van der Waals surface area contributed by atoms with Crippen LogP contribution in [0.5, 0.6) is 11.5 Å². The van der Waals surface area contributed by atoms with E-state index in [1.807, 2.05) is 25.1 Å². The average molecular weight is 408 g/mol. The first-order valence-corrected chi connectivity index (χ1v) is 10.7. The summed E-state index contributed by atoms with van der Waals surface area (Å²) >= 11 is 0. The van der Waals surface area contributed by atoms with Gasteiger partial charge in [-0.2, -0.15) is 0 Å². The first-order chi connectivity index (χ1) is 14.6. The Morgan fingerprint density at radius 3 is 2.23 bits per heavy atom. The quantitative estimate of drug-likeness (QED) is 0.623. The van der Waals surface area contributed by atoms with Gasteiger partial charge in [-0.1, -0.05) is 12.1 Å². The standard InChI is InChI=1S/C25H28O5/c1-4-8-15-13-16(14-21(28-3)25(15)29-5-2)22-23-17(26)9-6-11-19(23)30-20-12-7-10-18(27)24(20)22/h4,13-14,22H,1,5-12H2,2-3H3. The molecule has 5 heteroatoms. The highest BCUT2D eigenvalue weighted by Gasteiger charge is 2.42. The van der Waals surface area contributed by atoms with E-state index in [2.05, 4.69) is 6.58 Å². The highest BCUT2D eigenvalue weighted by atomic mass is 16.5. The molecular weight excluding hydrogens is 380 g/mol. The number of ketones is 2. The minimum atomic E-state index is -0.405. The van der Waals surface area contributed by atoms with E-state index in [-0.39, 0.29) is 11.6 Å². The van der Waals surface area contributed by atoms with E-state index < -0.39 is 5.92 Å². The van der Waals surface area contributed by atoms with Crippen LogP contribution in [0.1, 0.15) is 62.5 Å². The van der Waals surface area contributed by atoms with E-state index in [9.17, 15) is 9.59 Å². The third kappa shape index (κ3) is 3.47. The Hall–Kier alpha value is -2.82. The van der Waals surface area contributed by atoms with Crippen molar-refractivity contribution in [2.45, 2.75) is 57.8 Å². The fraction of sp³-hybridized carbons (Fsp3) is 0.440. The third-order valence-corrected chi connectivity index (χ3v) is 6.00. The van der Waals surface area contributed by atoms with E-state index in [4.69, 9.17) is 14.2 Å². The van der Waals surface area contributed by atoms with Crippen LogP contribution in [0, 0.1) is 0 Å². The maximum absolute atomic E-state index is 13.0. The number of hydrogen-bond acceptors (Lipinski definition) is 5. The van der Waals surface area contributed by atoms with Crippen LogP contribution in [0.25, 0.3) is 0 Å². The second-order valence-corrected chi connectivity index (χ2v) is 7.90. The third-order valence-electron chi connectivity index (χ3n) is 6.00. The summed E-state index contributed by atoms with van der Waals surface area (Å²) in [6.45, 7) is 6.31. The van der Waals surface area contributed by atoms with Gasteiger partial charge in [0.2, 0.25) is 0 Å². The summed E-state index contributed by atoms with van der Waals surface area (Å²) in [4.78, 5) is 26.0. The Labute approximate surface area is 177 Å².